The zero-order chi connectivity index (χ0) is 20.3. The molecule has 0 spiro atoms. The number of amides is 1. The summed E-state index contributed by atoms with van der Waals surface area (Å²) in [6, 6.07) is 12.6. The number of carbonyl (C=O) groups excluding carboxylic acids is 1. The number of rotatable bonds is 6. The number of hydrogen-bond donors (Lipinski definition) is 1. The van der Waals surface area contributed by atoms with Crippen molar-refractivity contribution < 1.29 is 19.0 Å². The van der Waals surface area contributed by atoms with Crippen LogP contribution in [0.3, 0.4) is 0 Å². The van der Waals surface area contributed by atoms with Gasteiger partial charge in [-0.2, -0.15) is 0 Å². The van der Waals surface area contributed by atoms with Gasteiger partial charge in [0.1, 0.15) is 22.8 Å². The van der Waals surface area contributed by atoms with E-state index in [0.717, 1.165) is 17.1 Å². The Bertz CT molecular complexity index is 852. The molecule has 0 aromatic heterocycles. The van der Waals surface area contributed by atoms with E-state index >= 15 is 0 Å². The first-order chi connectivity index (χ1) is 13.3. The highest BCUT2D eigenvalue weighted by molar-refractivity contribution is 6.30. The molecule has 6 heteroatoms. The van der Waals surface area contributed by atoms with E-state index in [1.54, 1.807) is 31.4 Å². The molecule has 0 bridgehead atoms. The maximum absolute atomic E-state index is 12.9. The summed E-state index contributed by atoms with van der Waals surface area (Å²) in [6.07, 6.45) is 0.595. The van der Waals surface area contributed by atoms with Crippen LogP contribution in [-0.4, -0.2) is 24.7 Å². The highest BCUT2D eigenvalue weighted by Crippen LogP contribution is 2.41. The first-order valence-electron chi connectivity index (χ1n) is 9.41. The fourth-order valence-electron chi connectivity index (χ4n) is 3.38. The zero-order valence-corrected chi connectivity index (χ0v) is 17.4. The molecular weight excluding hydrogens is 378 g/mol. The Morgan fingerprint density at radius 3 is 2.75 bits per heavy atom. The molecule has 1 aliphatic rings. The molecule has 2 atom stereocenters. The van der Waals surface area contributed by atoms with E-state index in [2.05, 4.69) is 5.32 Å². The number of carbonyl (C=O) groups is 1. The van der Waals surface area contributed by atoms with Crippen LogP contribution in [-0.2, 0) is 4.79 Å². The molecule has 0 radical (unpaired) electrons. The fraction of sp³-hybridized carbons (Fsp3) is 0.409. The van der Waals surface area contributed by atoms with Crippen LogP contribution in [0.5, 0.6) is 17.2 Å². The molecule has 0 saturated heterocycles. The van der Waals surface area contributed by atoms with Crippen molar-refractivity contribution in [3.8, 4) is 17.2 Å². The second-order valence-electron chi connectivity index (χ2n) is 7.50. The second-order valence-corrected chi connectivity index (χ2v) is 7.94. The van der Waals surface area contributed by atoms with Gasteiger partial charge >= 0.3 is 0 Å². The van der Waals surface area contributed by atoms with Gasteiger partial charge in [-0.3, -0.25) is 4.79 Å². The van der Waals surface area contributed by atoms with Crippen LogP contribution in [0, 0.1) is 0 Å². The summed E-state index contributed by atoms with van der Waals surface area (Å²) in [4.78, 5) is 12.9. The zero-order valence-electron chi connectivity index (χ0n) is 16.6. The Labute approximate surface area is 170 Å². The van der Waals surface area contributed by atoms with Gasteiger partial charge in [0.2, 0.25) is 0 Å². The number of hydrogen-bond acceptors (Lipinski definition) is 4. The third-order valence-electron chi connectivity index (χ3n) is 4.73. The minimum Gasteiger partial charge on any atom is -0.497 e. The van der Waals surface area contributed by atoms with Crippen LogP contribution in [0.1, 0.15) is 45.2 Å². The summed E-state index contributed by atoms with van der Waals surface area (Å²) in [5, 5.41) is 3.71. The molecule has 150 valence electrons. The number of benzene rings is 2. The summed E-state index contributed by atoms with van der Waals surface area (Å²) >= 11 is 6.01. The highest BCUT2D eigenvalue weighted by atomic mass is 35.5. The summed E-state index contributed by atoms with van der Waals surface area (Å²) in [6.45, 7) is 5.93. The average molecular weight is 404 g/mol. The highest BCUT2D eigenvalue weighted by Gasteiger charge is 2.36. The summed E-state index contributed by atoms with van der Waals surface area (Å²) in [7, 11) is 1.62. The molecule has 0 unspecified atom stereocenters. The molecule has 1 heterocycles. The van der Waals surface area contributed by atoms with Crippen LogP contribution in [0.25, 0.3) is 0 Å². The number of ether oxygens (including phenoxy) is 3. The van der Waals surface area contributed by atoms with Gasteiger partial charge in [0.15, 0.2) is 6.10 Å². The second kappa shape index (κ2) is 8.31. The van der Waals surface area contributed by atoms with E-state index in [9.17, 15) is 4.79 Å². The number of halogens is 1. The minimum atomic E-state index is -0.605. The number of nitrogens with one attached hydrogen (secondary N) is 1. The van der Waals surface area contributed by atoms with E-state index in [0.29, 0.717) is 23.6 Å². The number of fused-ring (bicyclic) bond motifs is 1. The first kappa shape index (κ1) is 20.3. The third-order valence-corrected chi connectivity index (χ3v) is 4.97. The van der Waals surface area contributed by atoms with E-state index in [1.165, 1.54) is 0 Å². The molecule has 1 amide bonds. The lowest BCUT2D eigenvalue weighted by atomic mass is 9.89. The van der Waals surface area contributed by atoms with Crippen molar-refractivity contribution >= 4 is 17.5 Å². The van der Waals surface area contributed by atoms with Crippen molar-refractivity contribution in [2.24, 2.45) is 0 Å². The standard InChI is InChI=1S/C22H26ClNO4/c1-5-19(27-16-8-6-7-14(23)11-16)21(25)24-18-13-22(2,3)28-20-12-15(26-4)9-10-17(18)20/h6-12,18-19H,5,13H2,1-4H3,(H,24,25)/t18-,19-/m1/s1. The van der Waals surface area contributed by atoms with Gasteiger partial charge < -0.3 is 19.5 Å². The molecular formula is C22H26ClNO4. The lowest BCUT2D eigenvalue weighted by molar-refractivity contribution is -0.129. The predicted octanol–water partition coefficient (Wildman–Crippen LogP) is 4.92. The average Bonchev–Trinajstić information content (AvgIpc) is 2.64. The van der Waals surface area contributed by atoms with E-state index in [1.807, 2.05) is 39.0 Å². The van der Waals surface area contributed by atoms with Gasteiger partial charge in [-0.1, -0.05) is 24.6 Å². The lowest BCUT2D eigenvalue weighted by Gasteiger charge is -2.38. The third kappa shape index (κ3) is 4.71. The molecule has 5 nitrogen and oxygen atoms in total. The monoisotopic (exact) mass is 403 g/mol. The van der Waals surface area contributed by atoms with Gasteiger partial charge in [0.05, 0.1) is 13.2 Å². The van der Waals surface area contributed by atoms with Crippen molar-refractivity contribution in [3.05, 3.63) is 53.1 Å². The normalized spacial score (nSPS) is 18.4. The lowest BCUT2D eigenvalue weighted by Crippen LogP contribution is -2.45. The Kier molecular flexibility index (Phi) is 6.04. The molecule has 0 aliphatic carbocycles. The predicted molar refractivity (Wildman–Crippen MR) is 109 cm³/mol. The van der Waals surface area contributed by atoms with Crippen LogP contribution in [0.2, 0.25) is 5.02 Å². The fourth-order valence-corrected chi connectivity index (χ4v) is 3.56. The first-order valence-corrected chi connectivity index (χ1v) is 9.78. The molecule has 0 fully saturated rings. The Morgan fingerprint density at radius 1 is 1.29 bits per heavy atom. The minimum absolute atomic E-state index is 0.160. The molecule has 1 N–H and O–H groups in total. The van der Waals surface area contributed by atoms with Crippen molar-refractivity contribution in [2.45, 2.75) is 51.4 Å². The van der Waals surface area contributed by atoms with E-state index in [4.69, 9.17) is 25.8 Å². The van der Waals surface area contributed by atoms with Crippen molar-refractivity contribution in [1.29, 1.82) is 0 Å². The van der Waals surface area contributed by atoms with Crippen LogP contribution in [0.4, 0.5) is 0 Å². The van der Waals surface area contributed by atoms with Crippen LogP contribution < -0.4 is 19.5 Å². The van der Waals surface area contributed by atoms with Crippen molar-refractivity contribution in [3.63, 3.8) is 0 Å². The van der Waals surface area contributed by atoms with Gasteiger partial charge in [0, 0.05) is 23.1 Å². The summed E-state index contributed by atoms with van der Waals surface area (Å²) in [5.41, 5.74) is 0.526. The van der Waals surface area contributed by atoms with Gasteiger partial charge in [-0.15, -0.1) is 0 Å². The molecule has 2 aromatic carbocycles. The maximum atomic E-state index is 12.9. The Morgan fingerprint density at radius 2 is 2.07 bits per heavy atom. The molecule has 0 saturated carbocycles. The molecule has 3 rings (SSSR count). The van der Waals surface area contributed by atoms with Crippen LogP contribution >= 0.6 is 11.6 Å². The van der Waals surface area contributed by atoms with Gasteiger partial charge in [-0.25, -0.2) is 0 Å². The smallest absolute Gasteiger partial charge is 0.261 e. The Hall–Kier alpha value is -2.40. The molecule has 1 aliphatic heterocycles. The van der Waals surface area contributed by atoms with Crippen LogP contribution in [0.15, 0.2) is 42.5 Å². The van der Waals surface area contributed by atoms with E-state index < -0.39 is 11.7 Å². The topological polar surface area (TPSA) is 56.8 Å². The maximum Gasteiger partial charge on any atom is 0.261 e. The van der Waals surface area contributed by atoms with Crippen molar-refractivity contribution in [1.82, 2.24) is 5.32 Å². The summed E-state index contributed by atoms with van der Waals surface area (Å²) < 4.78 is 17.3. The SMILES string of the molecule is CC[C@@H](Oc1cccc(Cl)c1)C(=O)N[C@@H]1CC(C)(C)Oc2cc(OC)ccc21. The van der Waals surface area contributed by atoms with E-state index in [-0.39, 0.29) is 11.9 Å². The van der Waals surface area contributed by atoms with Gasteiger partial charge in [0.25, 0.3) is 5.91 Å². The van der Waals surface area contributed by atoms with Gasteiger partial charge in [-0.05, 0) is 50.6 Å². The molecule has 28 heavy (non-hydrogen) atoms. The summed E-state index contributed by atoms with van der Waals surface area (Å²) in [5.74, 6) is 1.86. The molecule has 2 aromatic rings. The van der Waals surface area contributed by atoms with Crippen molar-refractivity contribution in [2.75, 3.05) is 7.11 Å². The quantitative estimate of drug-likeness (QED) is 0.743. The number of methoxy groups -OCH3 is 1. The Balaban J connectivity index is 1.78. The largest absolute Gasteiger partial charge is 0.497 e.